The van der Waals surface area contributed by atoms with E-state index in [2.05, 4.69) is 33.7 Å². The Morgan fingerprint density at radius 1 is 0.979 bits per heavy atom. The van der Waals surface area contributed by atoms with Crippen molar-refractivity contribution in [2.24, 2.45) is 22.7 Å². The molecule has 1 aromatic heterocycles. The topological polar surface area (TPSA) is 84.4 Å². The first-order valence-corrected chi connectivity index (χ1v) is 18.0. The fourth-order valence-corrected chi connectivity index (χ4v) is 9.79. The Kier molecular flexibility index (Phi) is 7.70. The minimum atomic E-state index is -4.32. The van der Waals surface area contributed by atoms with Crippen LogP contribution in [0.2, 0.25) is 0 Å². The van der Waals surface area contributed by atoms with Gasteiger partial charge >= 0.3 is 6.18 Å². The number of halogens is 3. The van der Waals surface area contributed by atoms with Gasteiger partial charge in [-0.1, -0.05) is 30.3 Å². The largest absolute Gasteiger partial charge is 0.477 e. The van der Waals surface area contributed by atoms with Crippen molar-refractivity contribution in [2.75, 3.05) is 25.4 Å². The smallest absolute Gasteiger partial charge is 0.394 e. The number of aryl methyl sites for hydroxylation is 2. The molecule has 7 nitrogen and oxygen atoms in total. The lowest BCUT2D eigenvalue weighted by Gasteiger charge is -2.61. The van der Waals surface area contributed by atoms with E-state index in [1.54, 1.807) is 12.1 Å². The van der Waals surface area contributed by atoms with Gasteiger partial charge in [0, 0.05) is 23.1 Å². The third-order valence-corrected chi connectivity index (χ3v) is 12.9. The lowest BCUT2D eigenvalue weighted by Crippen LogP contribution is -2.56. The maximum Gasteiger partial charge on any atom is 0.394 e. The maximum atomic E-state index is 14.5. The molecule has 7 rings (SSSR count). The van der Waals surface area contributed by atoms with Gasteiger partial charge in [-0.15, -0.1) is 0 Å². The second kappa shape index (κ2) is 11.2. The molecule has 1 aliphatic heterocycles. The highest BCUT2D eigenvalue weighted by Gasteiger charge is 2.64. The van der Waals surface area contributed by atoms with Crippen molar-refractivity contribution in [3.8, 4) is 17.1 Å². The van der Waals surface area contributed by atoms with Gasteiger partial charge in [-0.3, -0.25) is 0 Å². The number of fused-ring (bicyclic) bond motifs is 4. The molecule has 4 aliphatic rings. The normalized spacial score (nSPS) is 29.0. The van der Waals surface area contributed by atoms with E-state index < -0.39 is 27.5 Å². The van der Waals surface area contributed by atoms with Crippen molar-refractivity contribution >= 4 is 16.0 Å². The monoisotopic (exact) mass is 668 g/mol. The van der Waals surface area contributed by atoms with Gasteiger partial charge in [-0.05, 0) is 126 Å². The molecule has 0 amide bonds. The molecule has 3 aliphatic carbocycles. The average Bonchev–Trinajstić information content (AvgIpc) is 3.74. The standard InChI is InChI=1S/C36H43F3N4O3S/c1-21-8-6-9-22(2)29(21)31-23(3)32-41-33(40-31)42-47(44,45)28-11-7-10-24(14-28)30(25-15-34(16-25)18-27(19-34)43(4)5)26(20-46-32)17-35(12-13-35)36(37,38)39/h6-11,14,25-27,30H,12-13,15-20H2,1-5H3,(H,40,41,42)/t25-,26-,27-,30?,34?/m1/s1. The van der Waals surface area contributed by atoms with Crippen LogP contribution in [-0.4, -0.2) is 56.2 Å². The third kappa shape index (κ3) is 5.71. The van der Waals surface area contributed by atoms with Gasteiger partial charge in [0.1, 0.15) is 0 Å². The fraction of sp³-hybridized carbons (Fsp3) is 0.556. The summed E-state index contributed by atoms with van der Waals surface area (Å²) < 4.78 is 80.3. The first-order valence-electron chi connectivity index (χ1n) is 16.5. The Morgan fingerprint density at radius 2 is 1.64 bits per heavy atom. The summed E-state index contributed by atoms with van der Waals surface area (Å²) in [5.41, 5.74) is 3.09. The van der Waals surface area contributed by atoms with E-state index in [1.165, 1.54) is 6.07 Å². The van der Waals surface area contributed by atoms with Crippen LogP contribution in [-0.2, 0) is 10.0 Å². The quantitative estimate of drug-likeness (QED) is 0.299. The molecule has 2 atom stereocenters. The minimum absolute atomic E-state index is 0.0345. The van der Waals surface area contributed by atoms with Gasteiger partial charge in [-0.2, -0.15) is 18.2 Å². The molecular weight excluding hydrogens is 625 g/mol. The molecule has 3 aromatic rings. The van der Waals surface area contributed by atoms with Crippen LogP contribution in [0.4, 0.5) is 19.1 Å². The van der Waals surface area contributed by atoms with Crippen LogP contribution in [0.25, 0.3) is 11.3 Å². The number of sulfonamides is 1. The Hall–Kier alpha value is -3.18. The molecule has 1 N–H and O–H groups in total. The molecule has 252 valence electrons. The maximum absolute atomic E-state index is 14.5. The van der Waals surface area contributed by atoms with Crippen LogP contribution in [0.3, 0.4) is 0 Å². The lowest BCUT2D eigenvalue weighted by molar-refractivity contribution is -0.194. The van der Waals surface area contributed by atoms with Crippen LogP contribution in [0, 0.1) is 43.4 Å². The SMILES string of the molecule is Cc1cccc(C)c1-c1nc2nc(c1C)OC[C@@H](CC1(C(F)(F)F)CC1)C([C@H]1CC3(C1)C[C@H](N(C)C)C3)c1cccc(c1)S(=O)(=O)N2. The molecule has 3 fully saturated rings. The Bertz CT molecular complexity index is 1790. The predicted molar refractivity (Wildman–Crippen MR) is 175 cm³/mol. The summed E-state index contributed by atoms with van der Waals surface area (Å²) >= 11 is 0. The van der Waals surface area contributed by atoms with Crippen LogP contribution in [0.15, 0.2) is 47.4 Å². The summed E-state index contributed by atoms with van der Waals surface area (Å²) in [4.78, 5) is 11.5. The van der Waals surface area contributed by atoms with E-state index in [0.29, 0.717) is 17.3 Å². The van der Waals surface area contributed by atoms with E-state index in [1.807, 2.05) is 45.0 Å². The Balaban J connectivity index is 1.34. The van der Waals surface area contributed by atoms with Crippen molar-refractivity contribution in [1.82, 2.24) is 14.9 Å². The van der Waals surface area contributed by atoms with Crippen LogP contribution in [0.5, 0.6) is 5.88 Å². The van der Waals surface area contributed by atoms with E-state index in [-0.39, 0.29) is 59.8 Å². The summed E-state index contributed by atoms with van der Waals surface area (Å²) in [5, 5.41) is 0. The number of nitrogens with one attached hydrogen (secondary N) is 1. The highest BCUT2D eigenvalue weighted by Crippen LogP contribution is 2.66. The zero-order valence-electron chi connectivity index (χ0n) is 27.6. The van der Waals surface area contributed by atoms with E-state index >= 15 is 0 Å². The van der Waals surface area contributed by atoms with Gasteiger partial charge in [0.15, 0.2) is 0 Å². The highest BCUT2D eigenvalue weighted by molar-refractivity contribution is 7.92. The van der Waals surface area contributed by atoms with Gasteiger partial charge < -0.3 is 9.64 Å². The van der Waals surface area contributed by atoms with E-state index in [4.69, 9.17) is 4.74 Å². The van der Waals surface area contributed by atoms with Gasteiger partial charge in [0.25, 0.3) is 10.0 Å². The number of alkyl halides is 3. The zero-order valence-corrected chi connectivity index (χ0v) is 28.4. The fourth-order valence-electron chi connectivity index (χ4n) is 8.79. The molecule has 3 saturated carbocycles. The van der Waals surface area contributed by atoms with Gasteiger partial charge in [0.05, 0.1) is 22.6 Å². The van der Waals surface area contributed by atoms with Gasteiger partial charge in [-0.25, -0.2) is 18.1 Å². The Labute approximate surface area is 275 Å². The van der Waals surface area contributed by atoms with Crippen LogP contribution in [0.1, 0.15) is 73.1 Å². The van der Waals surface area contributed by atoms with Crippen molar-refractivity contribution < 1.29 is 26.3 Å². The number of ether oxygens (including phenoxy) is 1. The van der Waals surface area contributed by atoms with Crippen molar-refractivity contribution in [2.45, 2.75) is 88.7 Å². The zero-order chi connectivity index (χ0) is 33.5. The molecule has 2 heterocycles. The number of hydrogen-bond donors (Lipinski definition) is 1. The second-order valence-electron chi connectivity index (χ2n) is 15.0. The number of anilines is 1. The van der Waals surface area contributed by atoms with Gasteiger partial charge in [0.2, 0.25) is 11.8 Å². The first kappa shape index (κ1) is 32.4. The van der Waals surface area contributed by atoms with E-state index in [9.17, 15) is 21.6 Å². The van der Waals surface area contributed by atoms with Crippen molar-refractivity contribution in [1.29, 1.82) is 0 Å². The number of hydrogen-bond acceptors (Lipinski definition) is 6. The summed E-state index contributed by atoms with van der Waals surface area (Å²) in [6, 6.07) is 13.1. The molecular formula is C36H43F3N4O3S. The van der Waals surface area contributed by atoms with Crippen molar-refractivity contribution in [3.05, 3.63) is 64.7 Å². The van der Waals surface area contributed by atoms with Crippen LogP contribution < -0.4 is 9.46 Å². The molecule has 47 heavy (non-hydrogen) atoms. The Morgan fingerprint density at radius 3 is 2.26 bits per heavy atom. The number of aromatic nitrogens is 2. The third-order valence-electron chi connectivity index (χ3n) is 11.6. The van der Waals surface area contributed by atoms with E-state index in [0.717, 1.165) is 47.9 Å². The molecule has 2 aromatic carbocycles. The molecule has 11 heteroatoms. The van der Waals surface area contributed by atoms with Crippen LogP contribution >= 0.6 is 0 Å². The highest BCUT2D eigenvalue weighted by atomic mass is 32.2. The average molecular weight is 669 g/mol. The molecule has 0 saturated heterocycles. The molecule has 4 bridgehead atoms. The summed E-state index contributed by atoms with van der Waals surface area (Å²) in [7, 11) is 0.0500. The molecule has 1 unspecified atom stereocenters. The summed E-state index contributed by atoms with van der Waals surface area (Å²) in [5.74, 6) is -0.640. The second-order valence-corrected chi connectivity index (χ2v) is 16.7. The predicted octanol–water partition coefficient (Wildman–Crippen LogP) is 7.81. The summed E-state index contributed by atoms with van der Waals surface area (Å²) in [6.07, 6.45) is -0.188. The molecule has 0 radical (unpaired) electrons. The molecule has 1 spiro atoms. The number of benzene rings is 2. The van der Waals surface area contributed by atoms with Crippen molar-refractivity contribution in [3.63, 3.8) is 0 Å². The summed E-state index contributed by atoms with van der Waals surface area (Å²) in [6.45, 7) is 5.77. The number of rotatable bonds is 5. The number of nitrogens with zero attached hydrogens (tertiary/aromatic N) is 3. The first-order chi connectivity index (χ1) is 22.1. The lowest BCUT2D eigenvalue weighted by atomic mass is 9.46. The minimum Gasteiger partial charge on any atom is -0.477 e.